The minimum atomic E-state index is 0.130. The van der Waals surface area contributed by atoms with Crippen LogP contribution in [0, 0.1) is 18.8 Å². The van der Waals surface area contributed by atoms with Gasteiger partial charge in [0, 0.05) is 36.3 Å². The number of hydrogen-bond donors (Lipinski definition) is 2. The Bertz CT molecular complexity index is 1150. The first kappa shape index (κ1) is 26.1. The maximum absolute atomic E-state index is 4.75. The number of rotatable bonds is 11. The van der Waals surface area contributed by atoms with Crippen molar-refractivity contribution in [1.82, 2.24) is 15.3 Å². The number of aryl methyl sites for hydroxylation is 1. The van der Waals surface area contributed by atoms with Crippen LogP contribution in [0.2, 0.25) is 0 Å². The van der Waals surface area contributed by atoms with Gasteiger partial charge in [-0.3, -0.25) is 10.3 Å². The predicted octanol–water partition coefficient (Wildman–Crippen LogP) is 6.31. The quantitative estimate of drug-likeness (QED) is 0.246. The summed E-state index contributed by atoms with van der Waals surface area (Å²) in [5.41, 5.74) is 5.84. The Morgan fingerprint density at radius 1 is 1.11 bits per heavy atom. The van der Waals surface area contributed by atoms with Crippen molar-refractivity contribution in [1.29, 1.82) is 0 Å². The number of nitrogens with zero attached hydrogens (tertiary/aromatic N) is 4. The average molecular weight is 487 g/mol. The molecule has 6 heteroatoms. The maximum Gasteiger partial charge on any atom is 0.139 e. The highest BCUT2D eigenvalue weighted by Crippen LogP contribution is 2.35. The lowest BCUT2D eigenvalue weighted by atomic mass is 9.93. The van der Waals surface area contributed by atoms with Crippen molar-refractivity contribution < 1.29 is 0 Å². The van der Waals surface area contributed by atoms with E-state index in [0.717, 1.165) is 61.3 Å². The van der Waals surface area contributed by atoms with Crippen LogP contribution in [0.25, 0.3) is 22.0 Å². The molecule has 3 aromatic rings. The summed E-state index contributed by atoms with van der Waals surface area (Å²) in [6.07, 6.45) is 6.38. The van der Waals surface area contributed by atoms with E-state index in [4.69, 9.17) is 9.97 Å². The van der Waals surface area contributed by atoms with Gasteiger partial charge in [0.05, 0.1) is 5.52 Å². The van der Waals surface area contributed by atoms with Gasteiger partial charge in [0.25, 0.3) is 0 Å². The number of nitrogens with one attached hydrogen (secondary N) is 2. The van der Waals surface area contributed by atoms with Crippen LogP contribution in [0.4, 0.5) is 11.5 Å². The van der Waals surface area contributed by atoms with E-state index in [2.05, 4.69) is 91.3 Å². The molecule has 1 aliphatic heterocycles. The maximum atomic E-state index is 4.75. The van der Waals surface area contributed by atoms with Gasteiger partial charge in [0.1, 0.15) is 18.3 Å². The van der Waals surface area contributed by atoms with E-state index in [-0.39, 0.29) is 6.17 Å². The fourth-order valence-electron chi connectivity index (χ4n) is 5.19. The van der Waals surface area contributed by atoms with E-state index in [1.54, 1.807) is 6.33 Å². The molecule has 0 saturated carbocycles. The standard InChI is InChI=1S/C30H42N6/c1-6-7-15-32-24-11-12-25(22(4)18-24)26-9-8-10-27-28(26)34-20-35-30(27)36-16-13-23(14-17-36)29(31-5)33-19-21(2)3/h8-12,18,20-21,23,29,32-33H,5-7,13-17,19H2,1-4H3. The summed E-state index contributed by atoms with van der Waals surface area (Å²) in [6, 6.07) is 13.1. The molecule has 1 saturated heterocycles. The third-order valence-electron chi connectivity index (χ3n) is 7.24. The highest BCUT2D eigenvalue weighted by atomic mass is 15.2. The number of para-hydroxylation sites is 1. The van der Waals surface area contributed by atoms with Crippen molar-refractivity contribution in [3.05, 3.63) is 48.3 Å². The number of aliphatic imine (C=N–C) groups is 1. The molecular formula is C30H42N6. The molecule has 1 aliphatic rings. The molecule has 1 aromatic heterocycles. The second kappa shape index (κ2) is 12.3. The third-order valence-corrected chi connectivity index (χ3v) is 7.24. The van der Waals surface area contributed by atoms with Gasteiger partial charge >= 0.3 is 0 Å². The predicted molar refractivity (Wildman–Crippen MR) is 154 cm³/mol. The van der Waals surface area contributed by atoms with Crippen LogP contribution in [0.3, 0.4) is 0 Å². The van der Waals surface area contributed by atoms with Gasteiger partial charge in [-0.25, -0.2) is 9.97 Å². The van der Waals surface area contributed by atoms with E-state index in [1.165, 1.54) is 29.7 Å². The van der Waals surface area contributed by atoms with Crippen molar-refractivity contribution in [3.8, 4) is 11.1 Å². The molecule has 4 rings (SSSR count). The minimum absolute atomic E-state index is 0.130. The summed E-state index contributed by atoms with van der Waals surface area (Å²) in [5, 5.41) is 8.25. The molecule has 2 N–H and O–H groups in total. The Hall–Kier alpha value is -2.99. The van der Waals surface area contributed by atoms with Gasteiger partial charge in [-0.2, -0.15) is 0 Å². The average Bonchev–Trinajstić information content (AvgIpc) is 2.89. The first-order chi connectivity index (χ1) is 17.5. The molecule has 6 nitrogen and oxygen atoms in total. The Balaban J connectivity index is 1.54. The molecule has 0 amide bonds. The zero-order valence-corrected chi connectivity index (χ0v) is 22.4. The van der Waals surface area contributed by atoms with Crippen LogP contribution >= 0.6 is 0 Å². The van der Waals surface area contributed by atoms with Crippen molar-refractivity contribution >= 4 is 29.1 Å². The van der Waals surface area contributed by atoms with Crippen LogP contribution in [-0.2, 0) is 0 Å². The molecule has 0 bridgehead atoms. The fraction of sp³-hybridized carbons (Fsp3) is 0.500. The smallest absolute Gasteiger partial charge is 0.139 e. The summed E-state index contributed by atoms with van der Waals surface area (Å²) in [4.78, 5) is 16.3. The fourth-order valence-corrected chi connectivity index (χ4v) is 5.19. The van der Waals surface area contributed by atoms with Gasteiger partial charge < -0.3 is 10.2 Å². The zero-order chi connectivity index (χ0) is 25.5. The van der Waals surface area contributed by atoms with Crippen molar-refractivity contribution in [3.63, 3.8) is 0 Å². The number of piperidine rings is 1. The monoisotopic (exact) mass is 486 g/mol. The Morgan fingerprint density at radius 2 is 1.92 bits per heavy atom. The molecule has 192 valence electrons. The molecule has 0 aliphatic carbocycles. The number of hydrogen-bond acceptors (Lipinski definition) is 6. The molecule has 1 unspecified atom stereocenters. The van der Waals surface area contributed by atoms with Crippen LogP contribution in [0.15, 0.2) is 47.7 Å². The zero-order valence-electron chi connectivity index (χ0n) is 22.4. The number of benzene rings is 2. The van der Waals surface area contributed by atoms with Crippen LogP contribution in [-0.4, -0.2) is 49.0 Å². The van der Waals surface area contributed by atoms with Gasteiger partial charge in [0.2, 0.25) is 0 Å². The van der Waals surface area contributed by atoms with Gasteiger partial charge in [-0.15, -0.1) is 0 Å². The summed E-state index contributed by atoms with van der Waals surface area (Å²) in [5.74, 6) is 2.15. The number of anilines is 2. The molecular weight excluding hydrogens is 444 g/mol. The van der Waals surface area contributed by atoms with E-state index >= 15 is 0 Å². The SMILES string of the molecule is C=NC(NCC(C)C)C1CCN(c2ncnc3c(-c4ccc(NCCCC)cc4C)cccc23)CC1. The van der Waals surface area contributed by atoms with Gasteiger partial charge in [-0.05, 0) is 80.6 Å². The topological polar surface area (TPSA) is 65.4 Å². The van der Waals surface area contributed by atoms with Crippen LogP contribution in [0.1, 0.15) is 52.0 Å². The first-order valence-corrected chi connectivity index (χ1v) is 13.5. The number of aromatic nitrogens is 2. The summed E-state index contributed by atoms with van der Waals surface area (Å²) in [6.45, 7) is 16.6. The Kier molecular flexibility index (Phi) is 8.92. The lowest BCUT2D eigenvalue weighted by Gasteiger charge is -2.36. The van der Waals surface area contributed by atoms with Crippen molar-refractivity contribution in [2.24, 2.45) is 16.8 Å². The summed E-state index contributed by atoms with van der Waals surface area (Å²) < 4.78 is 0. The molecule has 0 spiro atoms. The van der Waals surface area contributed by atoms with Crippen LogP contribution < -0.4 is 15.5 Å². The highest BCUT2D eigenvalue weighted by Gasteiger charge is 2.27. The molecule has 0 radical (unpaired) electrons. The summed E-state index contributed by atoms with van der Waals surface area (Å²) in [7, 11) is 0. The number of fused-ring (bicyclic) bond motifs is 1. The summed E-state index contributed by atoms with van der Waals surface area (Å²) >= 11 is 0. The molecule has 1 atom stereocenters. The van der Waals surface area contributed by atoms with Crippen molar-refractivity contribution in [2.45, 2.75) is 59.5 Å². The molecule has 2 heterocycles. The Morgan fingerprint density at radius 3 is 2.61 bits per heavy atom. The molecule has 1 fully saturated rings. The lowest BCUT2D eigenvalue weighted by molar-refractivity contribution is 0.295. The Labute approximate surface area is 216 Å². The first-order valence-electron chi connectivity index (χ1n) is 13.5. The highest BCUT2D eigenvalue weighted by molar-refractivity contribution is 5.99. The van der Waals surface area contributed by atoms with Crippen LogP contribution in [0.5, 0.6) is 0 Å². The van der Waals surface area contributed by atoms with E-state index in [0.29, 0.717) is 11.8 Å². The minimum Gasteiger partial charge on any atom is -0.385 e. The van der Waals surface area contributed by atoms with E-state index < -0.39 is 0 Å². The van der Waals surface area contributed by atoms with E-state index in [1.807, 2.05) is 0 Å². The third kappa shape index (κ3) is 6.04. The largest absolute Gasteiger partial charge is 0.385 e. The lowest BCUT2D eigenvalue weighted by Crippen LogP contribution is -2.43. The van der Waals surface area contributed by atoms with E-state index in [9.17, 15) is 0 Å². The second-order valence-electron chi connectivity index (χ2n) is 10.5. The van der Waals surface area contributed by atoms with Gasteiger partial charge in [0.15, 0.2) is 0 Å². The normalized spacial score (nSPS) is 15.4. The molecule has 2 aromatic carbocycles. The number of unbranched alkanes of at least 4 members (excludes halogenated alkanes) is 1. The second-order valence-corrected chi connectivity index (χ2v) is 10.5. The van der Waals surface area contributed by atoms with Gasteiger partial charge in [-0.1, -0.05) is 45.4 Å². The molecule has 36 heavy (non-hydrogen) atoms. The van der Waals surface area contributed by atoms with Crippen molar-refractivity contribution in [2.75, 3.05) is 36.4 Å².